The molecule has 0 spiro atoms. The average Bonchev–Trinajstić information content (AvgIpc) is 1.28. The number of esters is 4. The summed E-state index contributed by atoms with van der Waals surface area (Å²) in [6.07, 6.45) is -9.45. The van der Waals surface area contributed by atoms with Crippen molar-refractivity contribution < 1.29 is 108 Å². The highest BCUT2D eigenvalue weighted by Gasteiger charge is 2.44. The van der Waals surface area contributed by atoms with Gasteiger partial charge in [-0.1, -0.05) is 66.1 Å². The maximum atomic E-state index is 15.1. The van der Waals surface area contributed by atoms with Crippen LogP contribution in [-0.2, 0) is 21.8 Å². The van der Waals surface area contributed by atoms with Crippen LogP contribution in [0.5, 0.6) is 34.5 Å². The first-order valence-electron chi connectivity index (χ1n) is 39.0. The van der Waals surface area contributed by atoms with Crippen molar-refractivity contribution >= 4 is 99.6 Å². The SMILES string of the molecule is Cc1cc(C#Cc2ccc(C#Cc3ccccc3)cc2)cc(N2C(=O)c3ccc(Oc4ccc5c(c4)C(=O)N(c4ccc(-c6ccc(N7C(=O)c8ccc(Oc9ccc%10c(c9)C(=O)N(C)C%10=O)cc8C7=O)cc6C)c(C(F)(F)F)c4)C5=O)cc3C2=O)c1.Cc1cc(N)ccc1-c1ccc(N)cc1C(F)(F)F.O=C1OC(=O)c2cc(Oc3ccc4c(c3)C(=O)OC4=O)ccc21. The lowest BCUT2D eigenvalue weighted by Crippen LogP contribution is -2.29. The highest BCUT2D eigenvalue weighted by atomic mass is 19.4. The Labute approximate surface area is 726 Å². The molecule has 0 atom stereocenters. The number of halogens is 6. The Balaban J connectivity index is 0.000000224. The number of carbonyl (C=O) groups excluding carboxylic acids is 12. The lowest BCUT2D eigenvalue weighted by Gasteiger charge is -2.21. The second kappa shape index (κ2) is 32.6. The van der Waals surface area contributed by atoms with Crippen LogP contribution in [0.2, 0.25) is 0 Å². The Hall–Kier alpha value is -17.6. The number of aryl methyl sites for hydroxylation is 3. The Bertz CT molecular complexity index is 7270. The van der Waals surface area contributed by atoms with Gasteiger partial charge in [-0.3, -0.25) is 43.3 Å². The summed E-state index contributed by atoms with van der Waals surface area (Å²) in [5.74, 6) is 5.35. The number of hydrogen-bond acceptors (Lipinski definition) is 19. The van der Waals surface area contributed by atoms with Crippen molar-refractivity contribution in [3.63, 3.8) is 0 Å². The Morgan fingerprint density at radius 1 is 0.271 bits per heavy atom. The van der Waals surface area contributed by atoms with Crippen LogP contribution >= 0.6 is 0 Å². The number of nitrogens with two attached hydrogens (primary N) is 2. The summed E-state index contributed by atoms with van der Waals surface area (Å²) in [7, 11) is 1.36. The highest BCUT2D eigenvalue weighted by Crippen LogP contribution is 2.46. The molecule has 19 rings (SSSR count). The molecular weight excluding hydrogens is 1670 g/mol. The summed E-state index contributed by atoms with van der Waals surface area (Å²) in [4.78, 5) is 158. The van der Waals surface area contributed by atoms with Crippen molar-refractivity contribution in [3.8, 4) is 80.4 Å². The zero-order chi connectivity index (χ0) is 91.1. The summed E-state index contributed by atoms with van der Waals surface area (Å²) < 4.78 is 111. The molecule has 0 aliphatic carbocycles. The van der Waals surface area contributed by atoms with E-state index in [1.807, 2.05) is 67.6 Å². The lowest BCUT2D eigenvalue weighted by atomic mass is 9.94. The number of nitrogens with zero attached hydrogens (tertiary/aromatic N) is 4. The van der Waals surface area contributed by atoms with E-state index in [2.05, 4.69) is 33.2 Å². The number of nitrogen functional groups attached to an aromatic ring is 2. The minimum atomic E-state index is -5.01. The minimum absolute atomic E-state index is 0.0111. The molecule has 6 aliphatic rings. The molecule has 0 radical (unpaired) electrons. The average molecular weight is 1730 g/mol. The van der Waals surface area contributed by atoms with Crippen molar-refractivity contribution in [1.82, 2.24) is 4.90 Å². The van der Waals surface area contributed by atoms with Gasteiger partial charge in [0.05, 0.1) is 95.0 Å². The molecule has 23 nitrogen and oxygen atoms in total. The number of hydrogen-bond donors (Lipinski definition) is 2. The lowest BCUT2D eigenvalue weighted by molar-refractivity contribution is -0.137. The molecule has 8 amide bonds. The predicted octanol–water partition coefficient (Wildman–Crippen LogP) is 18.9. The van der Waals surface area contributed by atoms with Gasteiger partial charge in [0.25, 0.3) is 47.3 Å². The predicted molar refractivity (Wildman–Crippen MR) is 456 cm³/mol. The topological polar surface area (TPSA) is 316 Å². The van der Waals surface area contributed by atoms with Crippen molar-refractivity contribution in [2.24, 2.45) is 0 Å². The molecule has 0 saturated heterocycles. The number of carbonyl (C=O) groups is 12. The van der Waals surface area contributed by atoms with E-state index in [9.17, 15) is 70.7 Å². The molecule has 6 heterocycles. The van der Waals surface area contributed by atoms with E-state index in [1.165, 1.54) is 160 Å². The normalized spacial score (nSPS) is 13.8. The molecule has 0 unspecified atom stereocenters. The Morgan fingerprint density at radius 2 is 0.581 bits per heavy atom. The zero-order valence-electron chi connectivity index (χ0n) is 67.4. The van der Waals surface area contributed by atoms with Crippen molar-refractivity contribution in [1.29, 1.82) is 0 Å². The Kier molecular flexibility index (Phi) is 21.1. The largest absolute Gasteiger partial charge is 0.457 e. The van der Waals surface area contributed by atoms with Crippen LogP contribution in [0.1, 0.15) is 174 Å². The molecule has 129 heavy (non-hydrogen) atoms. The van der Waals surface area contributed by atoms with Gasteiger partial charge in [-0.2, -0.15) is 26.3 Å². The minimum Gasteiger partial charge on any atom is -0.457 e. The summed E-state index contributed by atoms with van der Waals surface area (Å²) >= 11 is 0. The Morgan fingerprint density at radius 3 is 1.01 bits per heavy atom. The standard InChI is InChI=1S/C70H39F3N4O10.C16H6O7.C14H13F3N2/c1-38-29-43(16-15-42-13-11-41(12-14-42)10-9-40-7-5-4-6-8-40)32-46(30-38)77-66(82)56-28-22-50(37-60(56)69(77)85)87-49-21-27-55-59(36-49)68(84)76(65(55)81)45-18-24-52(61(33-45)70(71,72)73)51-23-17-44(31-39(51)2)75-64(80)54-26-20-48(35-58(54)67(75)83)86-47-19-25-53-57(34-47)63(79)74(3)62(53)78;17-13-9-3-1-7(5-11(9)15(19)22-13)21-8-2-4-10-12(6-8)16(20)23-14(10)18;1-8-6-9(18)2-4-11(8)12-5-3-10(19)7-13(12)14(15,16)17/h4-8,11-14,17-37H,1-3H3;1-6H;2-7H,18-19H2,1H3. The maximum Gasteiger partial charge on any atom is 0.417 e. The summed E-state index contributed by atoms with van der Waals surface area (Å²) in [5, 5.41) is 0. The summed E-state index contributed by atoms with van der Waals surface area (Å²) in [6.45, 7) is 5.05. The molecule has 0 saturated carbocycles. The molecule has 6 aliphatic heterocycles. The molecule has 29 heteroatoms. The van der Waals surface area contributed by atoms with Gasteiger partial charge >= 0.3 is 36.2 Å². The quantitative estimate of drug-likeness (QED) is 0.0303. The molecule has 4 N–H and O–H groups in total. The molecule has 13 aromatic carbocycles. The number of amides is 8. The van der Waals surface area contributed by atoms with E-state index in [1.54, 1.807) is 37.3 Å². The molecule has 0 fully saturated rings. The van der Waals surface area contributed by atoms with Gasteiger partial charge in [-0.05, 0) is 272 Å². The first-order chi connectivity index (χ1) is 61.6. The fraction of sp³-hybridized carbons (Fsp3) is 0.0600. The first-order valence-corrected chi connectivity index (χ1v) is 39.0. The second-order valence-corrected chi connectivity index (χ2v) is 30.0. The van der Waals surface area contributed by atoms with Crippen LogP contribution in [-0.4, -0.2) is 83.1 Å². The van der Waals surface area contributed by atoms with E-state index in [0.29, 0.717) is 39.0 Å². The van der Waals surface area contributed by atoms with E-state index in [4.69, 9.17) is 25.7 Å². The van der Waals surface area contributed by atoms with Crippen LogP contribution in [0.25, 0.3) is 22.3 Å². The fourth-order valence-electron chi connectivity index (χ4n) is 15.3. The van der Waals surface area contributed by atoms with Gasteiger partial charge in [-0.25, -0.2) is 33.9 Å². The third-order valence-electron chi connectivity index (χ3n) is 21.5. The van der Waals surface area contributed by atoms with Gasteiger partial charge in [0, 0.05) is 40.7 Å². The highest BCUT2D eigenvalue weighted by molar-refractivity contribution is 6.37. The molecule has 0 bridgehead atoms. The monoisotopic (exact) mass is 1730 g/mol. The zero-order valence-corrected chi connectivity index (χ0v) is 67.4. The van der Waals surface area contributed by atoms with Gasteiger partial charge in [0.15, 0.2) is 0 Å². The van der Waals surface area contributed by atoms with E-state index in [0.717, 1.165) is 49.1 Å². The van der Waals surface area contributed by atoms with E-state index in [-0.39, 0.29) is 141 Å². The number of imide groups is 4. The van der Waals surface area contributed by atoms with E-state index >= 15 is 13.2 Å². The summed E-state index contributed by atoms with van der Waals surface area (Å²) in [6, 6.07) is 63.4. The van der Waals surface area contributed by atoms with Gasteiger partial charge in [0.2, 0.25) is 0 Å². The third kappa shape index (κ3) is 16.0. The van der Waals surface area contributed by atoms with Gasteiger partial charge < -0.3 is 35.2 Å². The second-order valence-electron chi connectivity index (χ2n) is 30.0. The van der Waals surface area contributed by atoms with Crippen LogP contribution < -0.4 is 40.4 Å². The van der Waals surface area contributed by atoms with Gasteiger partial charge in [-0.15, -0.1) is 0 Å². The number of cyclic esters (lactones) is 4. The number of rotatable bonds is 11. The van der Waals surface area contributed by atoms with Gasteiger partial charge in [0.1, 0.15) is 34.5 Å². The van der Waals surface area contributed by atoms with Crippen molar-refractivity contribution in [2.45, 2.75) is 33.1 Å². The third-order valence-corrected chi connectivity index (χ3v) is 21.5. The van der Waals surface area contributed by atoms with Crippen LogP contribution in [0.3, 0.4) is 0 Å². The molecule has 0 aromatic heterocycles. The molecular formula is C100H58F6N6O17. The number of benzene rings is 13. The fourth-order valence-corrected chi connectivity index (χ4v) is 15.3. The first kappa shape index (κ1) is 83.7. The number of alkyl halides is 6. The molecule has 13 aromatic rings. The van der Waals surface area contributed by atoms with Crippen molar-refractivity contribution in [2.75, 3.05) is 33.2 Å². The van der Waals surface area contributed by atoms with Crippen molar-refractivity contribution in [3.05, 3.63) is 372 Å². The maximum absolute atomic E-state index is 15.1. The number of anilines is 5. The van der Waals surface area contributed by atoms with Crippen LogP contribution in [0.15, 0.2) is 255 Å². The van der Waals surface area contributed by atoms with Crippen LogP contribution in [0.4, 0.5) is 54.8 Å². The van der Waals surface area contributed by atoms with Crippen LogP contribution in [0, 0.1) is 44.5 Å². The number of fused-ring (bicyclic) bond motifs is 6. The summed E-state index contributed by atoms with van der Waals surface area (Å²) in [5.41, 5.74) is 15.7. The van der Waals surface area contributed by atoms with E-state index < -0.39 is 94.6 Å². The molecule has 632 valence electrons. The smallest absolute Gasteiger partial charge is 0.417 e. The number of ether oxygens (including phenoxy) is 5.